The van der Waals surface area contributed by atoms with E-state index in [0.717, 1.165) is 0 Å². The first-order valence-corrected chi connectivity index (χ1v) is 7.56. The van der Waals surface area contributed by atoms with E-state index in [1.165, 1.54) is 64.0 Å². The summed E-state index contributed by atoms with van der Waals surface area (Å²) in [7, 11) is 0. The summed E-state index contributed by atoms with van der Waals surface area (Å²) in [5.74, 6) is 0. The summed E-state index contributed by atoms with van der Waals surface area (Å²) in [5, 5.41) is 2.55. The van der Waals surface area contributed by atoms with E-state index in [1.54, 1.807) is 0 Å². The molecule has 0 aromatic heterocycles. The summed E-state index contributed by atoms with van der Waals surface area (Å²) < 4.78 is 0. The minimum Gasteiger partial charge on any atom is -0.346 e. The minimum atomic E-state index is 0.667. The van der Waals surface area contributed by atoms with Crippen molar-refractivity contribution in [2.75, 3.05) is 26.2 Å². The summed E-state index contributed by atoms with van der Waals surface area (Å²) in [5.41, 5.74) is 2.17. The molecule has 3 rings (SSSR count). The molecule has 2 heterocycles. The monoisotopic (exact) mass is 246 g/mol. The number of likely N-dealkylation sites (tertiary alicyclic amines) is 1. The highest BCUT2D eigenvalue weighted by atomic mass is 15.1. The van der Waals surface area contributed by atoms with E-state index in [1.807, 2.05) is 4.90 Å². The number of piperidine rings is 2. The Bertz CT molecular complexity index is 362. The molecular weight excluding hydrogens is 220 g/mol. The molecule has 0 saturated carbocycles. The highest BCUT2D eigenvalue weighted by molar-refractivity contribution is 5.13. The number of nitrogens with one attached hydrogen (secondary N) is 1. The molecule has 2 nitrogen and oxygen atoms in total. The molecule has 1 unspecified atom stereocenters. The molecule has 2 aliphatic rings. The van der Waals surface area contributed by atoms with Gasteiger partial charge in [0, 0.05) is 5.56 Å². The van der Waals surface area contributed by atoms with Crippen molar-refractivity contribution in [1.82, 2.24) is 0 Å². The molecule has 0 bridgehead atoms. The number of hydrogen-bond donors (Lipinski definition) is 2. The van der Waals surface area contributed by atoms with E-state index in [2.05, 4.69) is 35.6 Å². The van der Waals surface area contributed by atoms with Crippen LogP contribution < -0.4 is 10.2 Å². The van der Waals surface area contributed by atoms with Gasteiger partial charge in [-0.25, -0.2) is 0 Å². The summed E-state index contributed by atoms with van der Waals surface area (Å²) in [4.78, 5) is 1.81. The van der Waals surface area contributed by atoms with Gasteiger partial charge in [-0.1, -0.05) is 30.3 Å². The fourth-order valence-corrected chi connectivity index (χ4v) is 3.98. The van der Waals surface area contributed by atoms with Crippen LogP contribution in [0, 0.1) is 5.41 Å². The van der Waals surface area contributed by atoms with Crippen LogP contribution in [0.5, 0.6) is 0 Å². The Morgan fingerprint density at radius 3 is 2.72 bits per heavy atom. The molecule has 98 valence electrons. The Morgan fingerprint density at radius 2 is 1.94 bits per heavy atom. The molecule has 0 aliphatic carbocycles. The van der Waals surface area contributed by atoms with E-state index in [4.69, 9.17) is 0 Å². The smallest absolute Gasteiger partial charge is 0.103 e. The van der Waals surface area contributed by atoms with Crippen molar-refractivity contribution in [3.8, 4) is 0 Å². The van der Waals surface area contributed by atoms with Crippen molar-refractivity contribution < 1.29 is 10.2 Å². The molecule has 1 spiro atoms. The lowest BCUT2D eigenvalue weighted by Gasteiger charge is -2.41. The van der Waals surface area contributed by atoms with Gasteiger partial charge in [0.2, 0.25) is 0 Å². The Labute approximate surface area is 110 Å². The first-order valence-electron chi connectivity index (χ1n) is 7.56. The number of benzene rings is 1. The maximum atomic E-state index is 2.55. The van der Waals surface area contributed by atoms with Crippen molar-refractivity contribution in [3.63, 3.8) is 0 Å². The lowest BCUT2D eigenvalue weighted by Crippen LogP contribution is -3.14. The summed E-state index contributed by atoms with van der Waals surface area (Å²) in [6.45, 7) is 6.73. The lowest BCUT2D eigenvalue weighted by atomic mass is 9.74. The van der Waals surface area contributed by atoms with E-state index >= 15 is 0 Å². The summed E-state index contributed by atoms with van der Waals surface area (Å²) >= 11 is 0. The van der Waals surface area contributed by atoms with Crippen molar-refractivity contribution >= 4 is 0 Å². The third kappa shape index (κ3) is 2.76. The highest BCUT2D eigenvalue weighted by Crippen LogP contribution is 2.29. The van der Waals surface area contributed by atoms with Gasteiger partial charge in [0.1, 0.15) is 6.54 Å². The molecule has 0 radical (unpaired) electrons. The van der Waals surface area contributed by atoms with Crippen LogP contribution >= 0.6 is 0 Å². The van der Waals surface area contributed by atoms with Crippen molar-refractivity contribution in [1.29, 1.82) is 0 Å². The van der Waals surface area contributed by atoms with Gasteiger partial charge >= 0.3 is 0 Å². The average molecular weight is 246 g/mol. The number of quaternary nitrogens is 2. The average Bonchev–Trinajstić information content (AvgIpc) is 2.41. The summed E-state index contributed by atoms with van der Waals surface area (Å²) in [6.07, 6.45) is 5.80. The molecule has 3 N–H and O–H groups in total. The third-order valence-electron chi connectivity index (χ3n) is 4.85. The van der Waals surface area contributed by atoms with Gasteiger partial charge < -0.3 is 10.2 Å². The second kappa shape index (κ2) is 5.41. The van der Waals surface area contributed by atoms with Gasteiger partial charge in [-0.3, -0.25) is 0 Å². The zero-order chi connectivity index (χ0) is 12.3. The molecule has 1 aromatic rings. The second-order valence-electron chi connectivity index (χ2n) is 6.33. The van der Waals surface area contributed by atoms with Crippen LogP contribution in [0.1, 0.15) is 31.2 Å². The standard InChI is InChI=1S/C16H24N2/c1-2-6-15(7-3-1)12-18-11-5-9-16(14-18)8-4-10-17-13-16/h1-3,6-7,17H,4-5,8-14H2/p+2/t16-/m1/s1. The molecule has 2 fully saturated rings. The molecule has 2 saturated heterocycles. The van der Waals surface area contributed by atoms with Crippen LogP contribution in [0.2, 0.25) is 0 Å². The molecule has 2 aliphatic heterocycles. The topological polar surface area (TPSA) is 21.1 Å². The van der Waals surface area contributed by atoms with E-state index < -0.39 is 0 Å². The first-order chi connectivity index (χ1) is 8.86. The van der Waals surface area contributed by atoms with Gasteiger partial charge in [0.15, 0.2) is 0 Å². The van der Waals surface area contributed by atoms with Crippen LogP contribution in [0.3, 0.4) is 0 Å². The molecule has 2 heteroatoms. The molecule has 18 heavy (non-hydrogen) atoms. The third-order valence-corrected chi connectivity index (χ3v) is 4.85. The molecule has 0 amide bonds. The van der Waals surface area contributed by atoms with Gasteiger partial charge in [-0.2, -0.15) is 0 Å². The Morgan fingerprint density at radius 1 is 1.11 bits per heavy atom. The zero-order valence-electron chi connectivity index (χ0n) is 11.3. The van der Waals surface area contributed by atoms with Crippen LogP contribution in [0.4, 0.5) is 0 Å². The fraction of sp³-hybridized carbons (Fsp3) is 0.625. The van der Waals surface area contributed by atoms with Crippen LogP contribution in [0.15, 0.2) is 30.3 Å². The van der Waals surface area contributed by atoms with Gasteiger partial charge in [0.05, 0.1) is 31.6 Å². The number of rotatable bonds is 2. The van der Waals surface area contributed by atoms with Gasteiger partial charge in [0.25, 0.3) is 0 Å². The van der Waals surface area contributed by atoms with Gasteiger partial charge in [-0.05, 0) is 25.7 Å². The summed E-state index contributed by atoms with van der Waals surface area (Å²) in [6, 6.07) is 11.0. The quantitative estimate of drug-likeness (QED) is 0.744. The normalized spacial score (nSPS) is 32.6. The van der Waals surface area contributed by atoms with Crippen LogP contribution in [-0.2, 0) is 6.54 Å². The Hall–Kier alpha value is -0.860. The first kappa shape index (κ1) is 12.2. The minimum absolute atomic E-state index is 0.667. The predicted molar refractivity (Wildman–Crippen MR) is 73.4 cm³/mol. The van der Waals surface area contributed by atoms with Crippen molar-refractivity contribution in [3.05, 3.63) is 35.9 Å². The SMILES string of the molecule is c1ccc(C[NH+]2CCC[C@@]3(CCC[NH2+]C3)C2)cc1. The maximum Gasteiger partial charge on any atom is 0.103 e. The number of hydrogen-bond acceptors (Lipinski definition) is 0. The van der Waals surface area contributed by atoms with Crippen LogP contribution in [-0.4, -0.2) is 26.2 Å². The van der Waals surface area contributed by atoms with E-state index in [0.29, 0.717) is 5.41 Å². The highest BCUT2D eigenvalue weighted by Gasteiger charge is 2.41. The van der Waals surface area contributed by atoms with E-state index in [-0.39, 0.29) is 0 Å². The largest absolute Gasteiger partial charge is 0.346 e. The Kier molecular flexibility index (Phi) is 3.67. The van der Waals surface area contributed by atoms with Crippen molar-refractivity contribution in [2.24, 2.45) is 5.41 Å². The molecule has 1 aromatic carbocycles. The lowest BCUT2D eigenvalue weighted by molar-refractivity contribution is -0.929. The fourth-order valence-electron chi connectivity index (χ4n) is 3.98. The van der Waals surface area contributed by atoms with E-state index in [9.17, 15) is 0 Å². The zero-order valence-corrected chi connectivity index (χ0v) is 11.3. The predicted octanol–water partition coefficient (Wildman–Crippen LogP) is 0.209. The number of nitrogens with two attached hydrogens (primary N) is 1. The second-order valence-corrected chi connectivity index (χ2v) is 6.33. The molecule has 2 atom stereocenters. The van der Waals surface area contributed by atoms with Gasteiger partial charge in [-0.15, -0.1) is 0 Å². The Balaban J connectivity index is 1.63. The maximum absolute atomic E-state index is 2.55. The van der Waals surface area contributed by atoms with Crippen LogP contribution in [0.25, 0.3) is 0 Å². The molecular formula is C16H26N2+2. The van der Waals surface area contributed by atoms with Crippen molar-refractivity contribution in [2.45, 2.75) is 32.2 Å².